The van der Waals surface area contributed by atoms with Gasteiger partial charge in [0.05, 0.1) is 16.8 Å². The van der Waals surface area contributed by atoms with E-state index in [1.165, 1.54) is 11.3 Å². The molecule has 0 saturated heterocycles. The van der Waals surface area contributed by atoms with Gasteiger partial charge in [0.1, 0.15) is 0 Å². The Labute approximate surface area is 89.0 Å². The van der Waals surface area contributed by atoms with E-state index in [4.69, 9.17) is 5.53 Å². The number of aromatic nitrogens is 1. The van der Waals surface area contributed by atoms with Crippen LogP contribution in [0, 0.1) is 0 Å². The number of Topliss-reactive ketones (excluding diaryl/α,β-unsaturated/α-hetero) is 1. The molecule has 2 rings (SSSR count). The maximum absolute atomic E-state index is 11.5. The number of carbonyl (C=O) groups is 1. The van der Waals surface area contributed by atoms with Crippen LogP contribution in [-0.2, 0) is 0 Å². The smallest absolute Gasteiger partial charge is 0.197 e. The first kappa shape index (κ1) is 9.64. The minimum absolute atomic E-state index is 0.170. The van der Waals surface area contributed by atoms with Crippen molar-refractivity contribution >= 4 is 27.3 Å². The van der Waals surface area contributed by atoms with Gasteiger partial charge in [-0.15, -0.1) is 11.3 Å². The fourth-order valence-electron chi connectivity index (χ4n) is 1.15. The van der Waals surface area contributed by atoms with Gasteiger partial charge in [-0.25, -0.2) is 4.98 Å². The number of rotatable bonds is 3. The summed E-state index contributed by atoms with van der Waals surface area (Å²) < 4.78 is 0.960. The number of thiazole rings is 1. The third kappa shape index (κ3) is 1.96. The van der Waals surface area contributed by atoms with Crippen LogP contribution in [-0.4, -0.2) is 17.3 Å². The van der Waals surface area contributed by atoms with E-state index in [2.05, 4.69) is 15.0 Å². The van der Waals surface area contributed by atoms with E-state index in [-0.39, 0.29) is 12.3 Å². The number of azide groups is 1. The zero-order valence-corrected chi connectivity index (χ0v) is 8.44. The SMILES string of the molecule is [N-]=[N+]=NCC(=O)c1nc2ccccc2s1. The average Bonchev–Trinajstić information content (AvgIpc) is 2.69. The van der Waals surface area contributed by atoms with Crippen LogP contribution in [0.25, 0.3) is 20.7 Å². The molecule has 0 aliphatic heterocycles. The summed E-state index contributed by atoms with van der Waals surface area (Å²) in [5.74, 6) is -0.242. The first-order chi connectivity index (χ1) is 7.31. The highest BCUT2D eigenvalue weighted by atomic mass is 32.1. The molecule has 0 amide bonds. The monoisotopic (exact) mass is 218 g/mol. The molecule has 0 aliphatic rings. The van der Waals surface area contributed by atoms with Crippen molar-refractivity contribution < 1.29 is 4.79 Å². The van der Waals surface area contributed by atoms with Crippen LogP contribution in [0.2, 0.25) is 0 Å². The molecule has 0 atom stereocenters. The Kier molecular flexibility index (Phi) is 2.62. The minimum atomic E-state index is -0.242. The number of benzene rings is 1. The Morgan fingerprint density at radius 2 is 2.33 bits per heavy atom. The minimum Gasteiger partial charge on any atom is -0.291 e. The van der Waals surface area contributed by atoms with Gasteiger partial charge in [0.15, 0.2) is 10.8 Å². The van der Waals surface area contributed by atoms with Crippen molar-refractivity contribution in [2.24, 2.45) is 5.11 Å². The van der Waals surface area contributed by atoms with Crippen LogP contribution in [0.3, 0.4) is 0 Å². The van der Waals surface area contributed by atoms with Crippen molar-refractivity contribution in [3.05, 3.63) is 39.7 Å². The molecule has 0 N–H and O–H groups in total. The summed E-state index contributed by atoms with van der Waals surface area (Å²) in [6.45, 7) is -0.170. The molecule has 0 aliphatic carbocycles. The Morgan fingerprint density at radius 3 is 3.07 bits per heavy atom. The van der Waals surface area contributed by atoms with Crippen LogP contribution >= 0.6 is 11.3 Å². The highest BCUT2D eigenvalue weighted by molar-refractivity contribution is 7.20. The molecule has 1 aromatic heterocycles. The van der Waals surface area contributed by atoms with E-state index < -0.39 is 0 Å². The van der Waals surface area contributed by atoms with Gasteiger partial charge in [-0.2, -0.15) is 0 Å². The summed E-state index contributed by atoms with van der Waals surface area (Å²) in [5, 5.41) is 3.61. The molecule has 0 unspecified atom stereocenters. The summed E-state index contributed by atoms with van der Waals surface area (Å²) in [6.07, 6.45) is 0. The molecule has 0 radical (unpaired) electrons. The summed E-state index contributed by atoms with van der Waals surface area (Å²) in [7, 11) is 0. The van der Waals surface area contributed by atoms with Gasteiger partial charge in [0, 0.05) is 4.91 Å². The van der Waals surface area contributed by atoms with E-state index in [9.17, 15) is 4.79 Å². The fraction of sp³-hybridized carbons (Fsp3) is 0.111. The molecule has 6 heteroatoms. The number of para-hydroxylation sites is 1. The predicted molar refractivity (Wildman–Crippen MR) is 58.0 cm³/mol. The van der Waals surface area contributed by atoms with Gasteiger partial charge in [-0.3, -0.25) is 4.79 Å². The third-order valence-corrected chi connectivity index (χ3v) is 2.89. The van der Waals surface area contributed by atoms with Crippen LogP contribution in [0.5, 0.6) is 0 Å². The van der Waals surface area contributed by atoms with Gasteiger partial charge in [0.25, 0.3) is 0 Å². The lowest BCUT2D eigenvalue weighted by Crippen LogP contribution is -2.01. The quantitative estimate of drug-likeness (QED) is 0.343. The number of hydrogen-bond donors (Lipinski definition) is 0. The second-order valence-corrected chi connectivity index (χ2v) is 3.83. The topological polar surface area (TPSA) is 78.7 Å². The van der Waals surface area contributed by atoms with E-state index in [1.54, 1.807) is 0 Å². The molecule has 0 saturated carbocycles. The van der Waals surface area contributed by atoms with Crippen LogP contribution < -0.4 is 0 Å². The van der Waals surface area contributed by atoms with Crippen molar-refractivity contribution in [3.63, 3.8) is 0 Å². The molecule has 0 bridgehead atoms. The molecule has 2 aromatic rings. The van der Waals surface area contributed by atoms with Gasteiger partial charge in [0.2, 0.25) is 0 Å². The zero-order valence-electron chi connectivity index (χ0n) is 7.62. The first-order valence-corrected chi connectivity index (χ1v) is 5.02. The number of fused-ring (bicyclic) bond motifs is 1. The third-order valence-electron chi connectivity index (χ3n) is 1.81. The van der Waals surface area contributed by atoms with Gasteiger partial charge < -0.3 is 0 Å². The summed E-state index contributed by atoms with van der Waals surface area (Å²) in [5.41, 5.74) is 8.89. The second-order valence-electron chi connectivity index (χ2n) is 2.80. The molecular weight excluding hydrogens is 212 g/mol. The molecule has 15 heavy (non-hydrogen) atoms. The number of ketones is 1. The van der Waals surface area contributed by atoms with Gasteiger partial charge >= 0.3 is 0 Å². The molecule has 0 fully saturated rings. The summed E-state index contributed by atoms with van der Waals surface area (Å²) >= 11 is 1.31. The lowest BCUT2D eigenvalue weighted by Gasteiger charge is -1.86. The van der Waals surface area contributed by atoms with Crippen molar-refractivity contribution in [1.29, 1.82) is 0 Å². The Balaban J connectivity index is 2.36. The van der Waals surface area contributed by atoms with Gasteiger partial charge in [-0.05, 0) is 17.7 Å². The predicted octanol–water partition coefficient (Wildman–Crippen LogP) is 2.79. The lowest BCUT2D eigenvalue weighted by molar-refractivity contribution is 0.100. The Hall–Kier alpha value is -1.91. The largest absolute Gasteiger partial charge is 0.291 e. The van der Waals surface area contributed by atoms with E-state index in [1.807, 2.05) is 24.3 Å². The standard InChI is InChI=1S/C9H6N4OS/c10-13-11-5-7(14)9-12-6-3-1-2-4-8(6)15-9/h1-4H,5H2. The number of carbonyl (C=O) groups excluding carboxylic acids is 1. The maximum atomic E-state index is 11.5. The molecule has 74 valence electrons. The highest BCUT2D eigenvalue weighted by Crippen LogP contribution is 2.21. The average molecular weight is 218 g/mol. The molecule has 1 heterocycles. The Morgan fingerprint density at radius 1 is 1.53 bits per heavy atom. The first-order valence-electron chi connectivity index (χ1n) is 4.21. The van der Waals surface area contributed by atoms with Crippen molar-refractivity contribution in [1.82, 2.24) is 4.98 Å². The van der Waals surface area contributed by atoms with E-state index in [0.717, 1.165) is 10.2 Å². The molecule has 1 aromatic carbocycles. The molecule has 5 nitrogen and oxygen atoms in total. The van der Waals surface area contributed by atoms with E-state index >= 15 is 0 Å². The highest BCUT2D eigenvalue weighted by Gasteiger charge is 2.10. The van der Waals surface area contributed by atoms with Gasteiger partial charge in [-0.1, -0.05) is 17.2 Å². The lowest BCUT2D eigenvalue weighted by atomic mass is 10.3. The normalized spacial score (nSPS) is 9.87. The fourth-order valence-corrected chi connectivity index (χ4v) is 2.05. The number of hydrogen-bond acceptors (Lipinski definition) is 4. The van der Waals surface area contributed by atoms with Crippen LogP contribution in [0.15, 0.2) is 29.4 Å². The van der Waals surface area contributed by atoms with Crippen molar-refractivity contribution in [3.8, 4) is 0 Å². The summed E-state index contributed by atoms with van der Waals surface area (Å²) in [4.78, 5) is 18.1. The second kappa shape index (κ2) is 4.08. The maximum Gasteiger partial charge on any atom is 0.197 e. The molecule has 0 spiro atoms. The number of nitrogens with zero attached hydrogens (tertiary/aromatic N) is 4. The summed E-state index contributed by atoms with van der Waals surface area (Å²) in [6, 6.07) is 7.50. The van der Waals surface area contributed by atoms with Crippen LogP contribution in [0.1, 0.15) is 9.80 Å². The Bertz CT molecular complexity index is 523. The van der Waals surface area contributed by atoms with Crippen LogP contribution in [0.4, 0.5) is 0 Å². The zero-order chi connectivity index (χ0) is 10.7. The van der Waals surface area contributed by atoms with Crippen molar-refractivity contribution in [2.75, 3.05) is 6.54 Å². The van der Waals surface area contributed by atoms with Crippen molar-refractivity contribution in [2.45, 2.75) is 0 Å². The molecular formula is C9H6N4OS. The van der Waals surface area contributed by atoms with E-state index in [0.29, 0.717) is 5.01 Å².